The molecule has 0 spiro atoms. The number of carbonyl (C=O) groups excluding carboxylic acids is 2. The molecule has 0 radical (unpaired) electrons. The normalized spacial score (nSPS) is 11.0. The number of fused-ring (bicyclic) bond motifs is 1. The highest BCUT2D eigenvalue weighted by atomic mass is 16.2. The molecule has 36 heavy (non-hydrogen) atoms. The molecule has 0 bridgehead atoms. The predicted octanol–water partition coefficient (Wildman–Crippen LogP) is 4.66. The number of anilines is 2. The van der Waals surface area contributed by atoms with Crippen molar-refractivity contribution in [1.29, 1.82) is 0 Å². The molecule has 2 N–H and O–H groups in total. The van der Waals surface area contributed by atoms with E-state index in [0.717, 1.165) is 22.2 Å². The van der Waals surface area contributed by atoms with Gasteiger partial charge in [0.1, 0.15) is 5.69 Å². The van der Waals surface area contributed by atoms with Crippen LogP contribution < -0.4 is 10.6 Å². The maximum absolute atomic E-state index is 13.4. The van der Waals surface area contributed by atoms with Gasteiger partial charge in [-0.1, -0.05) is 24.3 Å². The van der Waals surface area contributed by atoms with Crippen molar-refractivity contribution in [3.8, 4) is 11.3 Å². The number of amides is 2. The zero-order valence-corrected chi connectivity index (χ0v) is 20.2. The van der Waals surface area contributed by atoms with Crippen LogP contribution in [0.1, 0.15) is 33.5 Å². The smallest absolute Gasteiger partial charge is 0.273 e. The minimum Gasteiger partial charge on any atom is -0.322 e. The largest absolute Gasteiger partial charge is 0.322 e. The molecule has 9 heteroatoms. The zero-order valence-electron chi connectivity index (χ0n) is 20.2. The third-order valence-corrected chi connectivity index (χ3v) is 5.88. The lowest BCUT2D eigenvalue weighted by atomic mass is 10.0. The molecule has 0 fully saturated rings. The van der Waals surface area contributed by atoms with Gasteiger partial charge in [0.15, 0.2) is 0 Å². The number of hydrogen-bond donors (Lipinski definition) is 2. The summed E-state index contributed by atoms with van der Waals surface area (Å²) in [6, 6.07) is 18.0. The molecule has 2 amide bonds. The van der Waals surface area contributed by atoms with Gasteiger partial charge in [0.2, 0.25) is 0 Å². The van der Waals surface area contributed by atoms with Crippen molar-refractivity contribution in [2.45, 2.75) is 20.4 Å². The zero-order chi connectivity index (χ0) is 25.2. The van der Waals surface area contributed by atoms with Gasteiger partial charge in [0.25, 0.3) is 11.8 Å². The van der Waals surface area contributed by atoms with Gasteiger partial charge in [-0.25, -0.2) is 4.98 Å². The number of rotatable bonds is 6. The number of hydrogen-bond acceptors (Lipinski definition) is 5. The second-order valence-electron chi connectivity index (χ2n) is 8.40. The summed E-state index contributed by atoms with van der Waals surface area (Å²) in [5.74, 6) is -0.543. The topological polar surface area (TPSA) is 107 Å². The van der Waals surface area contributed by atoms with Gasteiger partial charge in [0, 0.05) is 48.3 Å². The Morgan fingerprint density at radius 3 is 2.42 bits per heavy atom. The van der Waals surface area contributed by atoms with E-state index in [0.29, 0.717) is 34.9 Å². The van der Waals surface area contributed by atoms with Crippen LogP contribution in [0.25, 0.3) is 22.2 Å². The van der Waals surface area contributed by atoms with Crippen LogP contribution in [0.5, 0.6) is 0 Å². The van der Waals surface area contributed by atoms with Crippen LogP contribution in [0.15, 0.2) is 73.1 Å². The van der Waals surface area contributed by atoms with Crippen LogP contribution >= 0.6 is 0 Å². The Labute approximate surface area is 207 Å². The number of benzene rings is 2. The Bertz CT molecular complexity index is 1600. The second-order valence-corrected chi connectivity index (χ2v) is 8.40. The van der Waals surface area contributed by atoms with Crippen molar-refractivity contribution >= 4 is 34.1 Å². The van der Waals surface area contributed by atoms with Crippen molar-refractivity contribution in [2.75, 3.05) is 10.6 Å². The first kappa shape index (κ1) is 23.0. The number of carbonyl (C=O) groups is 2. The lowest BCUT2D eigenvalue weighted by molar-refractivity contribution is 0.101. The number of para-hydroxylation sites is 1. The van der Waals surface area contributed by atoms with E-state index in [1.165, 1.54) is 0 Å². The summed E-state index contributed by atoms with van der Waals surface area (Å²) < 4.78 is 3.35. The Morgan fingerprint density at radius 1 is 0.944 bits per heavy atom. The van der Waals surface area contributed by atoms with E-state index in [1.54, 1.807) is 52.0 Å². The average molecular weight is 480 g/mol. The Morgan fingerprint density at radius 2 is 1.69 bits per heavy atom. The minimum absolute atomic E-state index is 0.269. The van der Waals surface area contributed by atoms with Crippen molar-refractivity contribution < 1.29 is 9.59 Å². The van der Waals surface area contributed by atoms with Gasteiger partial charge in [-0.2, -0.15) is 10.2 Å². The van der Waals surface area contributed by atoms with Crippen LogP contribution in [0.3, 0.4) is 0 Å². The number of aromatic nitrogens is 5. The summed E-state index contributed by atoms with van der Waals surface area (Å²) in [7, 11) is 1.85. The van der Waals surface area contributed by atoms with E-state index in [2.05, 4.69) is 20.8 Å². The quantitative estimate of drug-likeness (QED) is 0.368. The number of nitrogens with zero attached hydrogens (tertiary/aromatic N) is 5. The highest BCUT2D eigenvalue weighted by molar-refractivity contribution is 6.13. The molecule has 5 rings (SSSR count). The maximum atomic E-state index is 13.4. The van der Waals surface area contributed by atoms with E-state index >= 15 is 0 Å². The summed E-state index contributed by atoms with van der Waals surface area (Å²) >= 11 is 0. The fourth-order valence-corrected chi connectivity index (χ4v) is 4.20. The van der Waals surface area contributed by atoms with Crippen LogP contribution in [0, 0.1) is 6.92 Å². The fraction of sp³-hybridized carbons (Fsp3) is 0.148. The standard InChI is InChI=1S/C27H25N7O2/c1-4-34-25(12-13-28-34)27(36)30-19-9-7-8-18(14-19)29-26(35)21-15-24(22-16-33(3)32-17(22)2)31-23-11-6-5-10-20(21)23/h5-16H,4H2,1-3H3,(H,29,35)(H,30,36). The first-order valence-corrected chi connectivity index (χ1v) is 11.6. The number of aryl methyl sites for hydroxylation is 3. The molecule has 0 aliphatic rings. The van der Waals surface area contributed by atoms with Gasteiger partial charge < -0.3 is 10.6 Å². The molecule has 0 aliphatic carbocycles. The first-order chi connectivity index (χ1) is 17.4. The van der Waals surface area contributed by atoms with Gasteiger partial charge in [0.05, 0.1) is 22.5 Å². The number of pyridine rings is 1. The molecule has 0 aliphatic heterocycles. The molecule has 2 aromatic carbocycles. The molecular weight excluding hydrogens is 454 g/mol. The van der Waals surface area contributed by atoms with Crippen LogP contribution in [-0.4, -0.2) is 36.4 Å². The molecule has 180 valence electrons. The summed E-state index contributed by atoms with van der Waals surface area (Å²) in [6.45, 7) is 4.43. The molecule has 0 unspecified atom stereocenters. The van der Waals surface area contributed by atoms with Crippen molar-refractivity contribution in [3.05, 3.63) is 90.0 Å². The monoisotopic (exact) mass is 479 g/mol. The van der Waals surface area contributed by atoms with Crippen molar-refractivity contribution in [1.82, 2.24) is 24.5 Å². The van der Waals surface area contributed by atoms with Gasteiger partial charge in [-0.3, -0.25) is 19.0 Å². The fourth-order valence-electron chi connectivity index (χ4n) is 4.20. The summed E-state index contributed by atoms with van der Waals surface area (Å²) in [6.07, 6.45) is 3.49. The highest BCUT2D eigenvalue weighted by Crippen LogP contribution is 2.27. The third-order valence-electron chi connectivity index (χ3n) is 5.88. The third kappa shape index (κ3) is 4.46. The molecule has 9 nitrogen and oxygen atoms in total. The van der Waals surface area contributed by atoms with E-state index in [9.17, 15) is 9.59 Å². The van der Waals surface area contributed by atoms with E-state index in [1.807, 2.05) is 51.4 Å². The molecule has 3 heterocycles. The SMILES string of the molecule is CCn1nccc1C(=O)Nc1cccc(NC(=O)c2cc(-c3cn(C)nc3C)nc3ccccc23)c1. The van der Waals surface area contributed by atoms with Gasteiger partial charge in [-0.15, -0.1) is 0 Å². The van der Waals surface area contributed by atoms with E-state index in [4.69, 9.17) is 4.98 Å². The predicted molar refractivity (Wildman–Crippen MR) is 139 cm³/mol. The lowest BCUT2D eigenvalue weighted by Gasteiger charge is -2.12. The maximum Gasteiger partial charge on any atom is 0.273 e. The summed E-state index contributed by atoms with van der Waals surface area (Å²) in [5, 5.41) is 15.1. The molecule has 0 atom stereocenters. The Hall–Kier alpha value is -4.79. The van der Waals surface area contributed by atoms with Gasteiger partial charge >= 0.3 is 0 Å². The number of nitrogens with one attached hydrogen (secondary N) is 2. The second kappa shape index (κ2) is 9.46. The molecule has 0 saturated heterocycles. The van der Waals surface area contributed by atoms with E-state index < -0.39 is 0 Å². The van der Waals surface area contributed by atoms with Crippen molar-refractivity contribution in [2.24, 2.45) is 7.05 Å². The summed E-state index contributed by atoms with van der Waals surface area (Å²) in [4.78, 5) is 30.9. The van der Waals surface area contributed by atoms with Crippen molar-refractivity contribution in [3.63, 3.8) is 0 Å². The highest BCUT2D eigenvalue weighted by Gasteiger charge is 2.17. The molecule has 0 saturated carbocycles. The molecular formula is C27H25N7O2. The minimum atomic E-state index is -0.274. The molecule has 5 aromatic rings. The van der Waals surface area contributed by atoms with Crippen LogP contribution in [0.4, 0.5) is 11.4 Å². The van der Waals surface area contributed by atoms with Crippen LogP contribution in [0.2, 0.25) is 0 Å². The Kier molecular flexibility index (Phi) is 6.03. The lowest BCUT2D eigenvalue weighted by Crippen LogP contribution is -2.17. The first-order valence-electron chi connectivity index (χ1n) is 11.6. The average Bonchev–Trinajstić information content (AvgIpc) is 3.49. The van der Waals surface area contributed by atoms with Crippen LogP contribution in [-0.2, 0) is 13.6 Å². The Balaban J connectivity index is 1.44. The summed E-state index contributed by atoms with van der Waals surface area (Å²) in [5.41, 5.74) is 5.19. The van der Waals surface area contributed by atoms with Gasteiger partial charge in [-0.05, 0) is 50.2 Å². The molecule has 3 aromatic heterocycles. The van der Waals surface area contributed by atoms with E-state index in [-0.39, 0.29) is 11.8 Å².